The maximum atomic E-state index is 13.9. The summed E-state index contributed by atoms with van der Waals surface area (Å²) in [6, 6.07) is 2.42. The van der Waals surface area contributed by atoms with Crippen molar-refractivity contribution in [2.45, 2.75) is 26.4 Å². The quantitative estimate of drug-likeness (QED) is 0.816. The largest absolute Gasteiger partial charge is 0.384 e. The van der Waals surface area contributed by atoms with Gasteiger partial charge in [-0.05, 0) is 47.4 Å². The number of benzene rings is 1. The van der Waals surface area contributed by atoms with Crippen LogP contribution in [0.25, 0.3) is 0 Å². The van der Waals surface area contributed by atoms with Gasteiger partial charge in [-0.15, -0.1) is 0 Å². The summed E-state index contributed by atoms with van der Waals surface area (Å²) in [5, 5.41) is 13.2. The monoisotopic (exact) mass is 321 g/mol. The van der Waals surface area contributed by atoms with Crippen molar-refractivity contribution >= 4 is 15.9 Å². The van der Waals surface area contributed by atoms with Gasteiger partial charge in [-0.3, -0.25) is 0 Å². The van der Waals surface area contributed by atoms with E-state index in [2.05, 4.69) is 21.2 Å². The van der Waals surface area contributed by atoms with Crippen LogP contribution in [0.4, 0.5) is 8.78 Å². The van der Waals surface area contributed by atoms with Crippen LogP contribution in [0.3, 0.4) is 0 Å². The number of nitrogens with one attached hydrogen (secondary N) is 1. The third-order valence-electron chi connectivity index (χ3n) is 2.60. The normalized spacial score (nSPS) is 14.9. The highest BCUT2D eigenvalue weighted by Crippen LogP contribution is 2.30. The maximum Gasteiger partial charge on any atom is 0.146 e. The molecule has 0 aromatic heterocycles. The predicted octanol–water partition coefficient (Wildman–Crippen LogP) is 3.18. The number of hydrogen-bond donors (Lipinski definition) is 2. The molecule has 1 aromatic carbocycles. The van der Waals surface area contributed by atoms with Crippen LogP contribution in [0.15, 0.2) is 16.6 Å². The van der Waals surface area contributed by atoms with Crippen LogP contribution < -0.4 is 5.32 Å². The van der Waals surface area contributed by atoms with Gasteiger partial charge in [0.25, 0.3) is 0 Å². The SMILES string of the molecule is CC(C)CNCC(C)(O)c1c(F)ccc(Br)c1F. The predicted molar refractivity (Wildman–Crippen MR) is 71.3 cm³/mol. The van der Waals surface area contributed by atoms with Crippen LogP contribution >= 0.6 is 15.9 Å². The molecule has 1 atom stereocenters. The molecule has 0 saturated heterocycles. The summed E-state index contributed by atoms with van der Waals surface area (Å²) in [6.07, 6.45) is 0. The van der Waals surface area contributed by atoms with Crippen LogP contribution in [-0.2, 0) is 5.60 Å². The molecule has 0 aliphatic rings. The second-order valence-corrected chi connectivity index (χ2v) is 5.87. The zero-order valence-corrected chi connectivity index (χ0v) is 12.3. The third-order valence-corrected chi connectivity index (χ3v) is 3.22. The lowest BCUT2D eigenvalue weighted by Gasteiger charge is -2.26. The van der Waals surface area contributed by atoms with Crippen LogP contribution in [0.1, 0.15) is 26.3 Å². The Bertz CT molecular complexity index is 422. The highest BCUT2D eigenvalue weighted by Gasteiger charge is 2.31. The first-order chi connectivity index (χ1) is 8.25. The summed E-state index contributed by atoms with van der Waals surface area (Å²) < 4.78 is 27.7. The fourth-order valence-corrected chi connectivity index (χ4v) is 2.04. The molecule has 2 N–H and O–H groups in total. The summed E-state index contributed by atoms with van der Waals surface area (Å²) in [6.45, 7) is 6.20. The zero-order valence-electron chi connectivity index (χ0n) is 10.7. The smallest absolute Gasteiger partial charge is 0.146 e. The lowest BCUT2D eigenvalue weighted by atomic mass is 9.94. The van der Waals surface area contributed by atoms with Crippen LogP contribution in [0, 0.1) is 17.6 Å². The molecule has 1 rings (SSSR count). The van der Waals surface area contributed by atoms with Crippen LogP contribution in [0.5, 0.6) is 0 Å². The van der Waals surface area contributed by atoms with Crippen molar-refractivity contribution in [3.8, 4) is 0 Å². The number of halogens is 3. The van der Waals surface area contributed by atoms with Crippen molar-refractivity contribution < 1.29 is 13.9 Å². The van der Waals surface area contributed by atoms with Gasteiger partial charge in [0.2, 0.25) is 0 Å². The van der Waals surface area contributed by atoms with Gasteiger partial charge in [0.05, 0.1) is 10.0 Å². The van der Waals surface area contributed by atoms with Crippen molar-refractivity contribution in [3.63, 3.8) is 0 Å². The Labute approximate surface area is 115 Å². The van der Waals surface area contributed by atoms with Crippen LogP contribution in [0.2, 0.25) is 0 Å². The van der Waals surface area contributed by atoms with Gasteiger partial charge in [0, 0.05) is 6.54 Å². The topological polar surface area (TPSA) is 32.3 Å². The van der Waals surface area contributed by atoms with Gasteiger partial charge < -0.3 is 10.4 Å². The maximum absolute atomic E-state index is 13.9. The molecular formula is C13H18BrF2NO. The van der Waals surface area contributed by atoms with E-state index in [9.17, 15) is 13.9 Å². The third kappa shape index (κ3) is 3.73. The number of hydrogen-bond acceptors (Lipinski definition) is 2. The molecule has 18 heavy (non-hydrogen) atoms. The summed E-state index contributed by atoms with van der Waals surface area (Å²) in [5.74, 6) is -1.10. The average molecular weight is 322 g/mol. The lowest BCUT2D eigenvalue weighted by Crippen LogP contribution is -2.38. The molecule has 1 aromatic rings. The Morgan fingerprint density at radius 1 is 1.39 bits per heavy atom. The van der Waals surface area contributed by atoms with Gasteiger partial charge in [0.1, 0.15) is 17.2 Å². The fourth-order valence-electron chi connectivity index (χ4n) is 1.71. The highest BCUT2D eigenvalue weighted by atomic mass is 79.9. The summed E-state index contributed by atoms with van der Waals surface area (Å²) in [5.41, 5.74) is -1.90. The average Bonchev–Trinajstić information content (AvgIpc) is 2.23. The van der Waals surface area contributed by atoms with E-state index in [0.29, 0.717) is 12.5 Å². The Morgan fingerprint density at radius 2 is 2.00 bits per heavy atom. The van der Waals surface area contributed by atoms with Crippen LogP contribution in [-0.4, -0.2) is 18.2 Å². The summed E-state index contributed by atoms with van der Waals surface area (Å²) in [4.78, 5) is 0. The minimum absolute atomic E-state index is 0.0927. The van der Waals surface area contributed by atoms with E-state index in [0.717, 1.165) is 6.07 Å². The number of aliphatic hydroxyl groups is 1. The van der Waals surface area contributed by atoms with E-state index in [1.165, 1.54) is 13.0 Å². The number of rotatable bonds is 5. The van der Waals surface area contributed by atoms with E-state index >= 15 is 0 Å². The molecule has 0 aliphatic carbocycles. The second kappa shape index (κ2) is 6.08. The van der Waals surface area contributed by atoms with E-state index < -0.39 is 17.2 Å². The zero-order chi connectivity index (χ0) is 13.9. The summed E-state index contributed by atoms with van der Waals surface area (Å²) in [7, 11) is 0. The van der Waals surface area contributed by atoms with Gasteiger partial charge in [-0.25, -0.2) is 8.78 Å². The Balaban J connectivity index is 2.94. The van der Waals surface area contributed by atoms with Gasteiger partial charge in [0.15, 0.2) is 0 Å². The minimum Gasteiger partial charge on any atom is -0.384 e. The standard InChI is InChI=1S/C13H18BrF2NO/c1-8(2)6-17-7-13(3,18)11-10(15)5-4-9(14)12(11)16/h4-5,8,17-18H,6-7H2,1-3H3. The first kappa shape index (κ1) is 15.5. The van der Waals surface area contributed by atoms with E-state index in [1.54, 1.807) is 0 Å². The molecule has 102 valence electrons. The Hall–Kier alpha value is -0.520. The summed E-state index contributed by atoms with van der Waals surface area (Å²) >= 11 is 2.99. The molecule has 0 fully saturated rings. The molecular weight excluding hydrogens is 304 g/mol. The molecule has 5 heteroatoms. The van der Waals surface area contributed by atoms with Gasteiger partial charge in [-0.1, -0.05) is 13.8 Å². The van der Waals surface area contributed by atoms with Crippen molar-refractivity contribution in [1.29, 1.82) is 0 Å². The van der Waals surface area contributed by atoms with E-state index in [4.69, 9.17) is 0 Å². The van der Waals surface area contributed by atoms with E-state index in [-0.39, 0.29) is 16.6 Å². The molecule has 2 nitrogen and oxygen atoms in total. The van der Waals surface area contributed by atoms with E-state index in [1.807, 2.05) is 13.8 Å². The molecule has 0 amide bonds. The first-order valence-corrected chi connectivity index (χ1v) is 6.62. The molecule has 0 radical (unpaired) electrons. The van der Waals surface area contributed by atoms with Gasteiger partial charge >= 0.3 is 0 Å². The van der Waals surface area contributed by atoms with Gasteiger partial charge in [-0.2, -0.15) is 0 Å². The Kier molecular flexibility index (Phi) is 5.25. The van der Waals surface area contributed by atoms with Crippen molar-refractivity contribution in [3.05, 3.63) is 33.8 Å². The fraction of sp³-hybridized carbons (Fsp3) is 0.538. The molecule has 0 bridgehead atoms. The van der Waals surface area contributed by atoms with Crippen molar-refractivity contribution in [2.24, 2.45) is 5.92 Å². The second-order valence-electron chi connectivity index (χ2n) is 5.02. The molecule has 0 saturated carbocycles. The minimum atomic E-state index is -1.59. The first-order valence-electron chi connectivity index (χ1n) is 5.82. The molecule has 0 aliphatic heterocycles. The molecule has 1 unspecified atom stereocenters. The highest BCUT2D eigenvalue weighted by molar-refractivity contribution is 9.10. The lowest BCUT2D eigenvalue weighted by molar-refractivity contribution is 0.0486. The van der Waals surface area contributed by atoms with Crippen molar-refractivity contribution in [2.75, 3.05) is 13.1 Å². The Morgan fingerprint density at radius 3 is 2.56 bits per heavy atom. The molecule has 0 heterocycles. The van der Waals surface area contributed by atoms with Crippen molar-refractivity contribution in [1.82, 2.24) is 5.32 Å². The molecule has 0 spiro atoms.